The molecule has 5 atom stereocenters. The number of benzene rings is 2. The molecule has 0 aromatic heterocycles. The van der Waals surface area contributed by atoms with Crippen LogP contribution in [0.2, 0.25) is 5.02 Å². The summed E-state index contributed by atoms with van der Waals surface area (Å²) in [4.78, 5) is 0.703. The molecule has 2 aliphatic heterocycles. The lowest BCUT2D eigenvalue weighted by Gasteiger charge is -2.45. The number of nitrogens with zero attached hydrogens (tertiary/aromatic N) is 1. The second kappa shape index (κ2) is 9.48. The molecule has 2 aliphatic rings. The second-order valence-corrected chi connectivity index (χ2v) is 8.82. The fraction of sp³-hybridized carbons (Fsp3) is 0.300. The van der Waals surface area contributed by atoms with Crippen LogP contribution in [0.3, 0.4) is 0 Å². The Labute approximate surface area is 190 Å². The van der Waals surface area contributed by atoms with Crippen LogP contribution in [0.15, 0.2) is 47.5 Å². The Morgan fingerprint density at radius 1 is 1.09 bits per heavy atom. The van der Waals surface area contributed by atoms with Crippen molar-refractivity contribution in [1.29, 1.82) is 0 Å². The number of aliphatic hydroxyl groups is 3. The molecule has 0 spiro atoms. The van der Waals surface area contributed by atoms with Crippen molar-refractivity contribution in [3.05, 3.63) is 70.6 Å². The van der Waals surface area contributed by atoms with E-state index in [1.54, 1.807) is 24.3 Å². The molecule has 0 amide bonds. The van der Waals surface area contributed by atoms with E-state index in [1.165, 1.54) is 11.2 Å². The maximum atomic E-state index is 13.6. The van der Waals surface area contributed by atoms with Crippen molar-refractivity contribution in [3.8, 4) is 0 Å². The number of aliphatic hydroxyl groups excluding tert-OH is 3. The van der Waals surface area contributed by atoms with Gasteiger partial charge in [0.25, 0.3) is 0 Å². The molecule has 2 aromatic rings. The number of thioether (sulfide) groups is 1. The van der Waals surface area contributed by atoms with Gasteiger partial charge in [-0.2, -0.15) is 0 Å². The first-order valence-corrected chi connectivity index (χ1v) is 10.8. The van der Waals surface area contributed by atoms with Crippen molar-refractivity contribution in [1.82, 2.24) is 16.0 Å². The Bertz CT molecular complexity index is 1010. The molecule has 2 heterocycles. The highest BCUT2D eigenvalue weighted by Crippen LogP contribution is 2.36. The summed E-state index contributed by atoms with van der Waals surface area (Å²) in [6, 6.07) is 7.49. The van der Waals surface area contributed by atoms with Crippen LogP contribution in [0.5, 0.6) is 0 Å². The van der Waals surface area contributed by atoms with Crippen LogP contribution < -0.4 is 11.0 Å². The van der Waals surface area contributed by atoms with E-state index in [2.05, 4.69) is 11.0 Å². The number of ether oxygens (including phenoxy) is 1. The standard InChI is InChI=1S/C20H19ClF3N3O4S/c21-10-2-1-3-11(6-10)32-20-19(30)17(18(29)15(8-28)31-20)27-7-14(25-26-27)9-4-12(22)16(24)13(23)5-9/h1-7,15,17-20,25-26,28-30H,8H2/t15?,17?,18-,19?,20+/m0/s1. The zero-order valence-corrected chi connectivity index (χ0v) is 17.8. The zero-order valence-electron chi connectivity index (χ0n) is 16.3. The van der Waals surface area contributed by atoms with Crippen molar-refractivity contribution in [2.45, 2.75) is 34.7 Å². The second-order valence-electron chi connectivity index (χ2n) is 7.21. The monoisotopic (exact) mass is 489 g/mol. The van der Waals surface area contributed by atoms with Gasteiger partial charge in [0, 0.05) is 21.7 Å². The minimum Gasteiger partial charge on any atom is -0.394 e. The fourth-order valence-electron chi connectivity index (χ4n) is 3.51. The van der Waals surface area contributed by atoms with Crippen molar-refractivity contribution in [2.75, 3.05) is 6.61 Å². The Morgan fingerprint density at radius 2 is 1.81 bits per heavy atom. The summed E-state index contributed by atoms with van der Waals surface area (Å²) in [6.07, 6.45) is -2.23. The Balaban J connectivity index is 1.59. The molecular formula is C20H19ClF3N3O4S. The molecule has 4 rings (SSSR count). The van der Waals surface area contributed by atoms with Gasteiger partial charge in [-0.15, -0.1) is 5.53 Å². The van der Waals surface area contributed by atoms with Crippen molar-refractivity contribution < 1.29 is 33.2 Å². The minimum atomic E-state index is -1.58. The molecule has 12 heteroatoms. The average Bonchev–Trinajstić information content (AvgIpc) is 3.23. The van der Waals surface area contributed by atoms with Gasteiger partial charge < -0.3 is 25.5 Å². The smallest absolute Gasteiger partial charge is 0.194 e. The van der Waals surface area contributed by atoms with E-state index < -0.39 is 53.8 Å². The average molecular weight is 490 g/mol. The summed E-state index contributed by atoms with van der Waals surface area (Å²) in [5.41, 5.74) is 4.67. The number of hydrogen-bond donors (Lipinski definition) is 5. The van der Waals surface area contributed by atoms with Gasteiger partial charge in [0.2, 0.25) is 0 Å². The zero-order chi connectivity index (χ0) is 23.0. The highest BCUT2D eigenvalue weighted by Gasteiger charge is 2.48. The van der Waals surface area contributed by atoms with Crippen LogP contribution in [0, 0.1) is 17.5 Å². The summed E-state index contributed by atoms with van der Waals surface area (Å²) in [5.74, 6) is -4.30. The molecule has 0 radical (unpaired) electrons. The van der Waals surface area contributed by atoms with E-state index >= 15 is 0 Å². The summed E-state index contributed by atoms with van der Waals surface area (Å²) >= 11 is 7.17. The third-order valence-electron chi connectivity index (χ3n) is 5.10. The number of hydrazine groups is 2. The topological polar surface area (TPSA) is 97.2 Å². The van der Waals surface area contributed by atoms with Crippen molar-refractivity contribution in [2.24, 2.45) is 0 Å². The van der Waals surface area contributed by atoms with Gasteiger partial charge in [-0.25, -0.2) is 13.2 Å². The van der Waals surface area contributed by atoms with E-state index in [1.807, 2.05) is 0 Å². The maximum Gasteiger partial charge on any atom is 0.194 e. The van der Waals surface area contributed by atoms with E-state index in [0.29, 0.717) is 9.92 Å². The number of rotatable bonds is 5. The quantitative estimate of drug-likeness (QED) is 0.407. The molecule has 0 aliphatic carbocycles. The number of hydrogen-bond acceptors (Lipinski definition) is 8. The third-order valence-corrected chi connectivity index (χ3v) is 6.48. The molecule has 7 nitrogen and oxygen atoms in total. The van der Waals surface area contributed by atoms with Crippen LogP contribution in [-0.4, -0.2) is 56.7 Å². The highest BCUT2D eigenvalue weighted by atomic mass is 35.5. The van der Waals surface area contributed by atoms with Gasteiger partial charge in [0.15, 0.2) is 17.5 Å². The van der Waals surface area contributed by atoms with Gasteiger partial charge in [-0.3, -0.25) is 5.01 Å². The normalized spacial score (nSPS) is 27.9. The maximum absolute atomic E-state index is 13.6. The van der Waals surface area contributed by atoms with Crippen molar-refractivity contribution >= 4 is 29.1 Å². The molecule has 5 N–H and O–H groups in total. The molecule has 1 saturated heterocycles. The van der Waals surface area contributed by atoms with E-state index in [-0.39, 0.29) is 11.3 Å². The molecule has 1 fully saturated rings. The molecule has 0 bridgehead atoms. The molecule has 32 heavy (non-hydrogen) atoms. The van der Waals surface area contributed by atoms with Gasteiger partial charge in [-0.05, 0) is 30.3 Å². The lowest BCUT2D eigenvalue weighted by Crippen LogP contribution is -2.65. The first kappa shape index (κ1) is 23.2. The largest absolute Gasteiger partial charge is 0.394 e. The molecule has 2 aromatic carbocycles. The SMILES string of the molecule is OCC1O[C@H](Sc2cccc(Cl)c2)C(O)C(N2C=C(c3cc(F)c(F)c(F)c3)NN2)[C@H]1O. The fourth-order valence-corrected chi connectivity index (χ4v) is 4.89. The summed E-state index contributed by atoms with van der Waals surface area (Å²) in [7, 11) is 0. The van der Waals surface area contributed by atoms with Crippen LogP contribution in [-0.2, 0) is 4.74 Å². The summed E-state index contributed by atoms with van der Waals surface area (Å²) < 4.78 is 46.2. The number of halogens is 4. The molecular weight excluding hydrogens is 471 g/mol. The van der Waals surface area contributed by atoms with E-state index in [9.17, 15) is 28.5 Å². The summed E-state index contributed by atoms with van der Waals surface area (Å²) in [6.45, 7) is -0.511. The van der Waals surface area contributed by atoms with Gasteiger partial charge in [0.1, 0.15) is 29.8 Å². The van der Waals surface area contributed by atoms with Crippen LogP contribution >= 0.6 is 23.4 Å². The molecule has 172 valence electrons. The lowest BCUT2D eigenvalue weighted by molar-refractivity contribution is -0.189. The predicted molar refractivity (Wildman–Crippen MR) is 111 cm³/mol. The van der Waals surface area contributed by atoms with Gasteiger partial charge >= 0.3 is 0 Å². The van der Waals surface area contributed by atoms with Gasteiger partial charge in [0.05, 0.1) is 12.3 Å². The Hall–Kier alpha value is -1.99. The van der Waals surface area contributed by atoms with Gasteiger partial charge in [-0.1, -0.05) is 29.4 Å². The van der Waals surface area contributed by atoms with Crippen LogP contribution in [0.4, 0.5) is 13.2 Å². The molecule has 0 saturated carbocycles. The predicted octanol–water partition coefficient (Wildman–Crippen LogP) is 1.98. The highest BCUT2D eigenvalue weighted by molar-refractivity contribution is 7.99. The lowest BCUT2D eigenvalue weighted by atomic mass is 9.97. The van der Waals surface area contributed by atoms with Crippen LogP contribution in [0.25, 0.3) is 5.70 Å². The summed E-state index contributed by atoms with van der Waals surface area (Å²) in [5, 5.41) is 33.1. The van der Waals surface area contributed by atoms with E-state index in [0.717, 1.165) is 23.9 Å². The van der Waals surface area contributed by atoms with Crippen molar-refractivity contribution in [3.63, 3.8) is 0 Å². The first-order chi connectivity index (χ1) is 15.3. The van der Waals surface area contributed by atoms with E-state index in [4.69, 9.17) is 16.3 Å². The number of nitrogens with one attached hydrogen (secondary N) is 2. The van der Waals surface area contributed by atoms with Crippen LogP contribution in [0.1, 0.15) is 5.56 Å². The Morgan fingerprint density at radius 3 is 2.47 bits per heavy atom. The third kappa shape index (κ3) is 4.55. The first-order valence-electron chi connectivity index (χ1n) is 9.50. The molecule has 3 unspecified atom stereocenters. The minimum absolute atomic E-state index is 0.0102. The Kier molecular flexibility index (Phi) is 6.86.